The number of rotatable bonds is 0. The van der Waals surface area contributed by atoms with Gasteiger partial charge in [-0.2, -0.15) is 4.40 Å². The minimum absolute atomic E-state index is 0.751. The van der Waals surface area contributed by atoms with E-state index in [9.17, 15) is 0 Å². The van der Waals surface area contributed by atoms with E-state index in [1.807, 2.05) is 0 Å². The van der Waals surface area contributed by atoms with E-state index >= 15 is 0 Å². The number of methoxy groups -OCH3 is 1. The Morgan fingerprint density at radius 1 is 2.00 bits per heavy atom. The highest BCUT2D eigenvalue weighted by molar-refractivity contribution is 8.00. The zero-order valence-electron chi connectivity index (χ0n) is 3.97. The van der Waals surface area contributed by atoms with Gasteiger partial charge in [0.25, 0.3) is 0 Å². The van der Waals surface area contributed by atoms with Crippen LogP contribution in [-0.4, -0.2) is 13.0 Å². The van der Waals surface area contributed by atoms with Crippen molar-refractivity contribution in [2.75, 3.05) is 7.11 Å². The molecule has 0 fully saturated rings. The third kappa shape index (κ3) is 1.09. The van der Waals surface area contributed by atoms with E-state index in [-0.39, 0.29) is 0 Å². The van der Waals surface area contributed by atoms with Gasteiger partial charge in [0.1, 0.15) is 0 Å². The SMILES string of the molecule is COC1=NS[C]C1. The van der Waals surface area contributed by atoms with Crippen LogP contribution in [-0.2, 0) is 4.74 Å². The summed E-state index contributed by atoms with van der Waals surface area (Å²) in [6.45, 7) is 0. The van der Waals surface area contributed by atoms with Crippen molar-refractivity contribution in [3.05, 3.63) is 5.75 Å². The third-order valence-corrected chi connectivity index (χ3v) is 1.24. The van der Waals surface area contributed by atoms with Gasteiger partial charge in [-0.25, -0.2) is 0 Å². The van der Waals surface area contributed by atoms with Crippen molar-refractivity contribution in [2.24, 2.45) is 4.40 Å². The number of nitrogens with zero attached hydrogens (tertiary/aromatic N) is 1. The van der Waals surface area contributed by atoms with Crippen molar-refractivity contribution in [3.8, 4) is 0 Å². The molecule has 3 heteroatoms. The molecule has 1 aliphatic heterocycles. The zero-order chi connectivity index (χ0) is 5.11. The molecular weight excluding hydrogens is 110 g/mol. The highest BCUT2D eigenvalue weighted by Gasteiger charge is 2.05. The summed E-state index contributed by atoms with van der Waals surface area (Å²) in [6, 6.07) is 0. The molecule has 2 nitrogen and oxygen atoms in total. The van der Waals surface area contributed by atoms with Crippen LogP contribution in [0.3, 0.4) is 0 Å². The van der Waals surface area contributed by atoms with Crippen LogP contribution >= 0.6 is 11.9 Å². The molecule has 1 heterocycles. The van der Waals surface area contributed by atoms with E-state index in [2.05, 4.69) is 10.2 Å². The highest BCUT2D eigenvalue weighted by Crippen LogP contribution is 2.19. The maximum absolute atomic E-state index is 4.78. The standard InChI is InChI=1S/C4H5NOS/c1-6-4-2-3-7-5-4/h2H2,1H3. The molecule has 1 aliphatic rings. The summed E-state index contributed by atoms with van der Waals surface area (Å²) in [5.74, 6) is 3.68. The van der Waals surface area contributed by atoms with Crippen LogP contribution in [0.1, 0.15) is 6.42 Å². The Kier molecular flexibility index (Phi) is 1.57. The first-order valence-electron chi connectivity index (χ1n) is 1.93. The molecule has 0 aliphatic carbocycles. The van der Waals surface area contributed by atoms with Gasteiger partial charge in [-0.3, -0.25) is 0 Å². The fourth-order valence-electron chi connectivity index (χ4n) is 0.319. The molecule has 0 spiro atoms. The molecule has 0 bridgehead atoms. The predicted octanol–water partition coefficient (Wildman–Crippen LogP) is 1.12. The number of hydrogen-bond acceptors (Lipinski definition) is 3. The van der Waals surface area contributed by atoms with E-state index in [0.29, 0.717) is 0 Å². The van der Waals surface area contributed by atoms with Crippen LogP contribution in [0, 0.1) is 5.75 Å². The van der Waals surface area contributed by atoms with Crippen molar-refractivity contribution < 1.29 is 4.74 Å². The van der Waals surface area contributed by atoms with E-state index in [1.54, 1.807) is 7.11 Å². The van der Waals surface area contributed by atoms with Crippen molar-refractivity contribution >= 4 is 17.8 Å². The Hall–Kier alpha value is -0.180. The molecule has 0 aromatic carbocycles. The van der Waals surface area contributed by atoms with Crippen LogP contribution in [0.25, 0.3) is 0 Å². The van der Waals surface area contributed by atoms with Crippen molar-refractivity contribution in [1.82, 2.24) is 0 Å². The third-order valence-electron chi connectivity index (χ3n) is 0.671. The molecule has 2 radical (unpaired) electrons. The second kappa shape index (κ2) is 2.21. The Balaban J connectivity index is 2.36. The first-order valence-corrected chi connectivity index (χ1v) is 2.70. The number of ether oxygens (including phenoxy) is 1. The number of hydrogen-bond donors (Lipinski definition) is 0. The Morgan fingerprint density at radius 3 is 3.14 bits per heavy atom. The minimum Gasteiger partial charge on any atom is -0.484 e. The quantitative estimate of drug-likeness (QED) is 0.441. The maximum Gasteiger partial charge on any atom is 0.196 e. The lowest BCUT2D eigenvalue weighted by atomic mass is 10.5. The summed E-state index contributed by atoms with van der Waals surface area (Å²) in [7, 11) is 1.62. The smallest absolute Gasteiger partial charge is 0.196 e. The van der Waals surface area contributed by atoms with Crippen molar-refractivity contribution in [1.29, 1.82) is 0 Å². The average Bonchev–Trinajstić information content (AvgIpc) is 2.14. The summed E-state index contributed by atoms with van der Waals surface area (Å²) in [4.78, 5) is 0. The second-order valence-electron chi connectivity index (χ2n) is 1.10. The lowest BCUT2D eigenvalue weighted by molar-refractivity contribution is 0.397. The summed E-state index contributed by atoms with van der Waals surface area (Å²) in [5, 5.41) is 0. The molecule has 0 unspecified atom stereocenters. The summed E-state index contributed by atoms with van der Waals surface area (Å²) in [6.07, 6.45) is 0.751. The van der Waals surface area contributed by atoms with Gasteiger partial charge in [0.15, 0.2) is 5.90 Å². The molecule has 0 saturated heterocycles. The van der Waals surface area contributed by atoms with E-state index < -0.39 is 0 Å². The van der Waals surface area contributed by atoms with Gasteiger partial charge in [0.05, 0.1) is 12.9 Å². The molecule has 0 aromatic heterocycles. The van der Waals surface area contributed by atoms with Crippen molar-refractivity contribution in [2.45, 2.75) is 6.42 Å². The molecule has 38 valence electrons. The van der Waals surface area contributed by atoms with Crippen LogP contribution in [0.5, 0.6) is 0 Å². The monoisotopic (exact) mass is 115 g/mol. The lowest BCUT2D eigenvalue weighted by Crippen LogP contribution is -1.93. The van der Waals surface area contributed by atoms with Crippen molar-refractivity contribution in [3.63, 3.8) is 0 Å². The van der Waals surface area contributed by atoms with Crippen LogP contribution < -0.4 is 0 Å². The molecular formula is C4H5NOS. The zero-order valence-corrected chi connectivity index (χ0v) is 4.79. The van der Waals surface area contributed by atoms with E-state index in [1.165, 1.54) is 11.9 Å². The van der Waals surface area contributed by atoms with Gasteiger partial charge >= 0.3 is 0 Å². The lowest BCUT2D eigenvalue weighted by Gasteiger charge is -1.90. The normalized spacial score (nSPS) is 19.3. The first kappa shape index (κ1) is 4.97. The molecule has 0 saturated carbocycles. The minimum atomic E-state index is 0.751. The van der Waals surface area contributed by atoms with Gasteiger partial charge in [-0.15, -0.1) is 0 Å². The molecule has 7 heavy (non-hydrogen) atoms. The van der Waals surface area contributed by atoms with Crippen LogP contribution in [0.2, 0.25) is 0 Å². The largest absolute Gasteiger partial charge is 0.484 e. The highest BCUT2D eigenvalue weighted by atomic mass is 32.2. The van der Waals surface area contributed by atoms with Gasteiger partial charge in [-0.05, 0) is 11.9 Å². The fraction of sp³-hybridized carbons (Fsp3) is 0.500. The van der Waals surface area contributed by atoms with Gasteiger partial charge in [-0.1, -0.05) is 0 Å². The summed E-state index contributed by atoms with van der Waals surface area (Å²) < 4.78 is 8.63. The van der Waals surface area contributed by atoms with Gasteiger partial charge in [0.2, 0.25) is 0 Å². The predicted molar refractivity (Wildman–Crippen MR) is 29.9 cm³/mol. The van der Waals surface area contributed by atoms with E-state index in [0.717, 1.165) is 12.3 Å². The van der Waals surface area contributed by atoms with Gasteiger partial charge < -0.3 is 4.74 Å². The van der Waals surface area contributed by atoms with E-state index in [4.69, 9.17) is 4.74 Å². The molecule has 1 rings (SSSR count). The Labute approximate surface area is 47.1 Å². The molecule has 0 atom stereocenters. The molecule has 0 amide bonds. The maximum atomic E-state index is 4.78. The molecule has 0 N–H and O–H groups in total. The van der Waals surface area contributed by atoms with Gasteiger partial charge in [0, 0.05) is 6.42 Å². The fourth-order valence-corrected chi connectivity index (χ4v) is 0.812. The Morgan fingerprint density at radius 2 is 2.86 bits per heavy atom. The average molecular weight is 115 g/mol. The topological polar surface area (TPSA) is 21.6 Å². The van der Waals surface area contributed by atoms with Crippen LogP contribution in [0.15, 0.2) is 4.40 Å². The summed E-state index contributed by atoms with van der Waals surface area (Å²) in [5.41, 5.74) is 0. The first-order chi connectivity index (χ1) is 3.43. The summed E-state index contributed by atoms with van der Waals surface area (Å²) >= 11 is 1.32. The van der Waals surface area contributed by atoms with Crippen LogP contribution in [0.4, 0.5) is 0 Å². The Bertz CT molecular complexity index is 91.7. The second-order valence-corrected chi connectivity index (χ2v) is 1.76. The molecule has 0 aromatic rings.